The summed E-state index contributed by atoms with van der Waals surface area (Å²) in [6, 6.07) is 0. The molecule has 2 rings (SSSR count). The van der Waals surface area contributed by atoms with Crippen LogP contribution in [-0.2, 0) is 19.1 Å². The quantitative estimate of drug-likeness (QED) is 0.514. The summed E-state index contributed by atoms with van der Waals surface area (Å²) in [5, 5.41) is 9.23. The van der Waals surface area contributed by atoms with Crippen LogP contribution in [0, 0.1) is 23.7 Å². The van der Waals surface area contributed by atoms with Gasteiger partial charge < -0.3 is 14.6 Å². The molecule has 2 aliphatic carbocycles. The predicted octanol–water partition coefficient (Wildman–Crippen LogP) is 3.81. The summed E-state index contributed by atoms with van der Waals surface area (Å²) in [7, 11) is 0. The second kappa shape index (κ2) is 10.1. The largest absolute Gasteiger partial charge is 0.466 e. The maximum atomic E-state index is 12.2. The van der Waals surface area contributed by atoms with E-state index in [4.69, 9.17) is 9.47 Å². The van der Waals surface area contributed by atoms with Crippen molar-refractivity contribution in [3.63, 3.8) is 0 Å². The summed E-state index contributed by atoms with van der Waals surface area (Å²) in [6.07, 6.45) is 9.45. The van der Waals surface area contributed by atoms with Gasteiger partial charge in [-0.05, 0) is 50.0 Å². The normalized spacial score (nSPS) is 28.3. The summed E-state index contributed by atoms with van der Waals surface area (Å²) in [5.41, 5.74) is 1.28. The SMILES string of the molecule is CC(O)CC(=O)OCCCC1C(C)C=CC2=CCC[C@H](OC(=O)C(C)C)C21. The van der Waals surface area contributed by atoms with E-state index in [2.05, 4.69) is 25.2 Å². The molecule has 0 aliphatic heterocycles. The van der Waals surface area contributed by atoms with Crippen molar-refractivity contribution < 1.29 is 24.2 Å². The smallest absolute Gasteiger partial charge is 0.308 e. The first-order chi connectivity index (χ1) is 12.8. The number of allylic oxidation sites excluding steroid dienone is 3. The molecule has 152 valence electrons. The van der Waals surface area contributed by atoms with Crippen molar-refractivity contribution in [2.45, 2.75) is 72.0 Å². The molecule has 0 bridgehead atoms. The standard InChI is InChI=1S/C22H34O5/c1-14(2)22(25)27-19-9-5-7-17-11-10-15(3)18(21(17)19)8-6-12-26-20(24)13-16(4)23/h7,10-11,14-16,18-19,21,23H,5-6,8-9,12-13H2,1-4H3/t15?,16?,18?,19-,21?/m0/s1. The molecule has 0 heterocycles. The Morgan fingerprint density at radius 2 is 2.04 bits per heavy atom. The van der Waals surface area contributed by atoms with Crippen LogP contribution < -0.4 is 0 Å². The molecule has 0 saturated carbocycles. The second-order valence-electron chi connectivity index (χ2n) is 8.24. The fourth-order valence-electron chi connectivity index (χ4n) is 4.04. The molecule has 2 aliphatic rings. The van der Waals surface area contributed by atoms with Gasteiger partial charge in [-0.3, -0.25) is 9.59 Å². The number of esters is 2. The summed E-state index contributed by atoms with van der Waals surface area (Å²) in [5.74, 6) is 0.357. The zero-order valence-corrected chi connectivity index (χ0v) is 17.0. The van der Waals surface area contributed by atoms with Crippen LogP contribution in [0.4, 0.5) is 0 Å². The Bertz CT molecular complexity index is 575. The molecule has 0 aromatic rings. The minimum absolute atomic E-state index is 0.0330. The third kappa shape index (κ3) is 6.20. The van der Waals surface area contributed by atoms with Gasteiger partial charge in [0.2, 0.25) is 0 Å². The first-order valence-electron chi connectivity index (χ1n) is 10.2. The number of hydrogen-bond acceptors (Lipinski definition) is 5. The first kappa shape index (κ1) is 21.7. The lowest BCUT2D eigenvalue weighted by atomic mass is 9.67. The zero-order valence-electron chi connectivity index (χ0n) is 17.0. The van der Waals surface area contributed by atoms with Crippen LogP contribution in [0.15, 0.2) is 23.8 Å². The lowest BCUT2D eigenvalue weighted by Gasteiger charge is -2.41. The number of carbonyl (C=O) groups is 2. The minimum atomic E-state index is -0.674. The van der Waals surface area contributed by atoms with Crippen molar-refractivity contribution in [2.75, 3.05) is 6.61 Å². The van der Waals surface area contributed by atoms with Gasteiger partial charge in [0.15, 0.2) is 0 Å². The maximum absolute atomic E-state index is 12.2. The van der Waals surface area contributed by atoms with E-state index >= 15 is 0 Å². The van der Waals surface area contributed by atoms with E-state index in [1.165, 1.54) is 5.57 Å². The van der Waals surface area contributed by atoms with Crippen molar-refractivity contribution >= 4 is 11.9 Å². The van der Waals surface area contributed by atoms with Crippen LogP contribution >= 0.6 is 0 Å². The van der Waals surface area contributed by atoms with Crippen molar-refractivity contribution in [1.82, 2.24) is 0 Å². The van der Waals surface area contributed by atoms with Gasteiger partial charge in [0.25, 0.3) is 0 Å². The van der Waals surface area contributed by atoms with Crippen LogP contribution in [-0.4, -0.2) is 35.9 Å². The van der Waals surface area contributed by atoms with Gasteiger partial charge >= 0.3 is 11.9 Å². The van der Waals surface area contributed by atoms with Gasteiger partial charge in [-0.15, -0.1) is 0 Å². The van der Waals surface area contributed by atoms with Gasteiger partial charge in [-0.1, -0.05) is 39.0 Å². The van der Waals surface area contributed by atoms with E-state index < -0.39 is 6.10 Å². The number of carbonyl (C=O) groups excluding carboxylic acids is 2. The van der Waals surface area contributed by atoms with Gasteiger partial charge in [0, 0.05) is 5.92 Å². The van der Waals surface area contributed by atoms with Crippen LogP contribution in [0.2, 0.25) is 0 Å². The van der Waals surface area contributed by atoms with E-state index in [-0.39, 0.29) is 36.3 Å². The van der Waals surface area contributed by atoms with Crippen molar-refractivity contribution in [1.29, 1.82) is 0 Å². The molecule has 4 unspecified atom stereocenters. The summed E-state index contributed by atoms with van der Waals surface area (Å²) in [4.78, 5) is 23.7. The Balaban J connectivity index is 1.97. The molecule has 27 heavy (non-hydrogen) atoms. The van der Waals surface area contributed by atoms with Crippen LogP contribution in [0.1, 0.15) is 59.8 Å². The Labute approximate surface area is 162 Å². The van der Waals surface area contributed by atoms with E-state index in [0.29, 0.717) is 18.4 Å². The number of aliphatic hydroxyl groups excluding tert-OH is 1. The Hall–Kier alpha value is -1.62. The second-order valence-corrected chi connectivity index (χ2v) is 8.24. The van der Waals surface area contributed by atoms with Crippen LogP contribution in [0.5, 0.6) is 0 Å². The molecule has 5 atom stereocenters. The van der Waals surface area contributed by atoms with Crippen molar-refractivity contribution in [3.8, 4) is 0 Å². The van der Waals surface area contributed by atoms with E-state index in [0.717, 1.165) is 25.7 Å². The summed E-state index contributed by atoms with van der Waals surface area (Å²) < 4.78 is 11.1. The van der Waals surface area contributed by atoms with Crippen LogP contribution in [0.25, 0.3) is 0 Å². The number of aliphatic hydroxyl groups is 1. The molecular weight excluding hydrogens is 344 g/mol. The number of rotatable bonds is 8. The van der Waals surface area contributed by atoms with E-state index in [1.54, 1.807) is 6.92 Å². The monoisotopic (exact) mass is 378 g/mol. The molecule has 0 amide bonds. The highest BCUT2D eigenvalue weighted by Gasteiger charge is 2.39. The number of ether oxygens (including phenoxy) is 2. The Morgan fingerprint density at radius 3 is 2.70 bits per heavy atom. The summed E-state index contributed by atoms with van der Waals surface area (Å²) in [6.45, 7) is 7.87. The minimum Gasteiger partial charge on any atom is -0.466 e. The van der Waals surface area contributed by atoms with E-state index in [1.807, 2.05) is 13.8 Å². The summed E-state index contributed by atoms with van der Waals surface area (Å²) >= 11 is 0. The topological polar surface area (TPSA) is 72.8 Å². The zero-order chi connectivity index (χ0) is 20.0. The van der Waals surface area contributed by atoms with Gasteiger partial charge in [0.05, 0.1) is 25.0 Å². The van der Waals surface area contributed by atoms with Crippen molar-refractivity contribution in [3.05, 3.63) is 23.8 Å². The maximum Gasteiger partial charge on any atom is 0.308 e. The van der Waals surface area contributed by atoms with Crippen molar-refractivity contribution in [2.24, 2.45) is 23.7 Å². The molecule has 0 aromatic carbocycles. The highest BCUT2D eigenvalue weighted by molar-refractivity contribution is 5.71. The van der Waals surface area contributed by atoms with Crippen LogP contribution in [0.3, 0.4) is 0 Å². The first-order valence-corrected chi connectivity index (χ1v) is 10.2. The third-order valence-corrected chi connectivity index (χ3v) is 5.49. The van der Waals surface area contributed by atoms with Gasteiger partial charge in [0.1, 0.15) is 6.10 Å². The average molecular weight is 379 g/mol. The lowest BCUT2D eigenvalue weighted by Crippen LogP contribution is -2.40. The molecular formula is C22H34O5. The van der Waals surface area contributed by atoms with E-state index in [9.17, 15) is 14.7 Å². The highest BCUT2D eigenvalue weighted by atomic mass is 16.5. The van der Waals surface area contributed by atoms with Gasteiger partial charge in [-0.2, -0.15) is 0 Å². The molecule has 1 N–H and O–H groups in total. The number of hydrogen-bond donors (Lipinski definition) is 1. The highest BCUT2D eigenvalue weighted by Crippen LogP contribution is 2.43. The number of fused-ring (bicyclic) bond motifs is 1. The predicted molar refractivity (Wildman–Crippen MR) is 104 cm³/mol. The molecule has 0 saturated heterocycles. The molecule has 5 nitrogen and oxygen atoms in total. The fourth-order valence-corrected chi connectivity index (χ4v) is 4.04. The van der Waals surface area contributed by atoms with Gasteiger partial charge in [-0.25, -0.2) is 0 Å². The Kier molecular flexibility index (Phi) is 8.08. The Morgan fingerprint density at radius 1 is 1.30 bits per heavy atom. The lowest BCUT2D eigenvalue weighted by molar-refractivity contribution is -0.157. The molecule has 0 aromatic heterocycles. The third-order valence-electron chi connectivity index (χ3n) is 5.49. The fraction of sp³-hybridized carbons (Fsp3) is 0.727. The molecule has 0 spiro atoms. The molecule has 0 fully saturated rings. The molecule has 0 radical (unpaired) electrons. The average Bonchev–Trinajstić information content (AvgIpc) is 2.59. The molecule has 5 heteroatoms.